The fourth-order valence-electron chi connectivity index (χ4n) is 4.35. The quantitative estimate of drug-likeness (QED) is 0.256. The van der Waals surface area contributed by atoms with E-state index in [1.807, 2.05) is 70.2 Å². The molecule has 3 heteroatoms. The maximum absolute atomic E-state index is 8.84. The van der Waals surface area contributed by atoms with Crippen LogP contribution in [0.4, 0.5) is 0 Å². The van der Waals surface area contributed by atoms with E-state index in [4.69, 9.17) is 18.9 Å². The van der Waals surface area contributed by atoms with Gasteiger partial charge in [-0.25, -0.2) is 0 Å². The van der Waals surface area contributed by atoms with Gasteiger partial charge in [-0.3, -0.25) is 0 Å². The molecule has 1 aliphatic heterocycles. The molecular formula is C32H29BO2. The van der Waals surface area contributed by atoms with Crippen LogP contribution in [0, 0.1) is 0 Å². The summed E-state index contributed by atoms with van der Waals surface area (Å²) in [6.45, 7) is 8.12. The minimum absolute atomic E-state index is 0.0469. The smallest absolute Gasteiger partial charge is 0.399 e. The summed E-state index contributed by atoms with van der Waals surface area (Å²) in [5.41, 5.74) is 2.79. The average Bonchev–Trinajstić information content (AvgIpc) is 3.18. The number of fused-ring (bicyclic) bond motifs is 2. The van der Waals surface area contributed by atoms with E-state index in [1.165, 1.54) is 0 Å². The molecule has 6 rings (SSSR count). The van der Waals surface area contributed by atoms with Gasteiger partial charge in [-0.1, -0.05) is 84.8 Å². The normalized spacial score (nSPS) is 19.5. The molecular weight excluding hydrogens is 427 g/mol. The lowest BCUT2D eigenvalue weighted by Gasteiger charge is -2.32. The molecule has 1 aliphatic rings. The van der Waals surface area contributed by atoms with Gasteiger partial charge in [-0.15, -0.1) is 0 Å². The van der Waals surface area contributed by atoms with Crippen molar-refractivity contribution < 1.29 is 18.9 Å². The summed E-state index contributed by atoms with van der Waals surface area (Å²) in [7, 11) is -0.464. The van der Waals surface area contributed by atoms with E-state index >= 15 is 0 Å². The number of hydrogen-bond donors (Lipinski definition) is 0. The molecule has 2 nitrogen and oxygen atoms in total. The summed E-state index contributed by atoms with van der Waals surface area (Å²) in [5.74, 6) is 0. The highest BCUT2D eigenvalue weighted by Gasteiger charge is 2.51. The standard InChI is InChI=1S/C32H29BO2/c1-31(2)32(3,4)35-33(34-31)30-11-7-10-24(21-30)25-14-15-29-20-28(17-16-27(29)19-25)26-13-12-22-8-5-6-9-23(22)18-26/h5-21H,1-4H3/i5D,6D,8D,9D,12D,13D,18D. The van der Waals surface area contributed by atoms with Crippen molar-refractivity contribution in [2.24, 2.45) is 0 Å². The highest BCUT2D eigenvalue weighted by molar-refractivity contribution is 6.62. The topological polar surface area (TPSA) is 18.5 Å². The molecule has 0 spiro atoms. The van der Waals surface area contributed by atoms with Gasteiger partial charge in [0, 0.05) is 0 Å². The number of hydrogen-bond acceptors (Lipinski definition) is 2. The van der Waals surface area contributed by atoms with Crippen LogP contribution in [0.1, 0.15) is 37.3 Å². The van der Waals surface area contributed by atoms with Crippen molar-refractivity contribution in [2.45, 2.75) is 38.9 Å². The van der Waals surface area contributed by atoms with Gasteiger partial charge < -0.3 is 9.31 Å². The van der Waals surface area contributed by atoms with Crippen molar-refractivity contribution >= 4 is 34.1 Å². The Labute approximate surface area is 217 Å². The lowest BCUT2D eigenvalue weighted by Crippen LogP contribution is -2.41. The molecule has 172 valence electrons. The first kappa shape index (κ1) is 15.6. The molecule has 35 heavy (non-hydrogen) atoms. The predicted molar refractivity (Wildman–Crippen MR) is 148 cm³/mol. The molecule has 0 aromatic heterocycles. The monoisotopic (exact) mass is 463 g/mol. The van der Waals surface area contributed by atoms with E-state index in [0.717, 1.165) is 27.4 Å². The van der Waals surface area contributed by atoms with Crippen LogP contribution < -0.4 is 5.46 Å². The molecule has 1 fully saturated rings. The van der Waals surface area contributed by atoms with E-state index < -0.39 is 36.4 Å². The lowest BCUT2D eigenvalue weighted by molar-refractivity contribution is 0.00578. The van der Waals surface area contributed by atoms with Gasteiger partial charge in [0.1, 0.15) is 0 Å². The molecule has 0 N–H and O–H groups in total. The predicted octanol–water partition coefficient (Wildman–Crippen LogP) is 7.63. The van der Waals surface area contributed by atoms with Gasteiger partial charge in [0.05, 0.1) is 20.8 Å². The van der Waals surface area contributed by atoms with Gasteiger partial charge >= 0.3 is 7.12 Å². The van der Waals surface area contributed by atoms with Crippen LogP contribution in [-0.4, -0.2) is 18.3 Å². The molecule has 0 saturated carbocycles. The van der Waals surface area contributed by atoms with E-state index in [2.05, 4.69) is 12.1 Å². The molecule has 5 aromatic carbocycles. The summed E-state index contributed by atoms with van der Waals surface area (Å²) in [6.07, 6.45) is 0. The van der Waals surface area contributed by atoms with E-state index in [-0.39, 0.29) is 40.5 Å². The summed E-state index contributed by atoms with van der Waals surface area (Å²) in [4.78, 5) is 0. The SMILES string of the molecule is [2H]c1c([2H])c([2H])c2c([2H])c(-c3ccc4cc(-c5cccc(B6OC(C)(C)C(C)(C)O6)c5)ccc4c3)c([2H])c([2H])c2c1[2H]. The molecule has 1 saturated heterocycles. The number of rotatable bonds is 3. The molecule has 0 amide bonds. The number of benzene rings is 5. The van der Waals surface area contributed by atoms with Gasteiger partial charge in [0.2, 0.25) is 0 Å². The highest BCUT2D eigenvalue weighted by atomic mass is 16.7. The largest absolute Gasteiger partial charge is 0.494 e. The fraction of sp³-hybridized carbons (Fsp3) is 0.188. The van der Waals surface area contributed by atoms with Crippen molar-refractivity contribution in [1.29, 1.82) is 0 Å². The fourth-order valence-corrected chi connectivity index (χ4v) is 4.35. The highest BCUT2D eigenvalue weighted by Crippen LogP contribution is 2.37. The second kappa shape index (κ2) is 8.08. The van der Waals surface area contributed by atoms with Crippen molar-refractivity contribution in [2.75, 3.05) is 0 Å². The van der Waals surface area contributed by atoms with Crippen molar-refractivity contribution in [3.8, 4) is 22.3 Å². The molecule has 1 heterocycles. The molecule has 0 radical (unpaired) electrons. The lowest BCUT2D eigenvalue weighted by atomic mass is 9.78. The van der Waals surface area contributed by atoms with E-state index in [1.54, 1.807) is 6.07 Å². The van der Waals surface area contributed by atoms with Crippen LogP contribution in [0.3, 0.4) is 0 Å². The summed E-state index contributed by atoms with van der Waals surface area (Å²) in [6, 6.07) is 17.2. The Morgan fingerprint density at radius 3 is 1.89 bits per heavy atom. The third kappa shape index (κ3) is 3.95. The minimum Gasteiger partial charge on any atom is -0.399 e. The Kier molecular flexibility index (Phi) is 3.60. The van der Waals surface area contributed by atoms with E-state index in [0.29, 0.717) is 5.56 Å². The summed E-state index contributed by atoms with van der Waals surface area (Å²) >= 11 is 0. The first-order chi connectivity index (χ1) is 19.7. The maximum atomic E-state index is 8.84. The Hall–Kier alpha value is -3.40. The van der Waals surface area contributed by atoms with Gasteiger partial charge in [-0.05, 0) is 95.1 Å². The van der Waals surface area contributed by atoms with Gasteiger partial charge in [0.15, 0.2) is 0 Å². The zero-order valence-corrected chi connectivity index (χ0v) is 20.2. The maximum Gasteiger partial charge on any atom is 0.494 e. The third-order valence-electron chi connectivity index (χ3n) is 7.12. The van der Waals surface area contributed by atoms with Crippen LogP contribution in [0.15, 0.2) is 103 Å². The van der Waals surface area contributed by atoms with Crippen LogP contribution in [0.2, 0.25) is 0 Å². The Morgan fingerprint density at radius 2 is 1.20 bits per heavy atom. The van der Waals surface area contributed by atoms with E-state index in [9.17, 15) is 0 Å². The zero-order chi connectivity index (χ0) is 30.3. The molecule has 0 bridgehead atoms. The first-order valence-corrected chi connectivity index (χ1v) is 11.7. The van der Waals surface area contributed by atoms with Crippen LogP contribution in [0.5, 0.6) is 0 Å². The third-order valence-corrected chi connectivity index (χ3v) is 7.12. The van der Waals surface area contributed by atoms with Crippen LogP contribution >= 0.6 is 0 Å². The second-order valence-corrected chi connectivity index (χ2v) is 9.99. The average molecular weight is 463 g/mol. The second-order valence-electron chi connectivity index (χ2n) is 9.99. The minimum atomic E-state index is -0.476. The first-order valence-electron chi connectivity index (χ1n) is 15.2. The van der Waals surface area contributed by atoms with Crippen LogP contribution in [-0.2, 0) is 9.31 Å². The molecule has 0 aliphatic carbocycles. The Morgan fingerprint density at radius 1 is 0.600 bits per heavy atom. The Balaban J connectivity index is 1.41. The van der Waals surface area contributed by atoms with Crippen molar-refractivity contribution in [1.82, 2.24) is 0 Å². The van der Waals surface area contributed by atoms with Gasteiger partial charge in [-0.2, -0.15) is 0 Å². The molecule has 5 aromatic rings. The zero-order valence-electron chi connectivity index (χ0n) is 27.2. The Bertz CT molecular complexity index is 1920. The van der Waals surface area contributed by atoms with Crippen molar-refractivity contribution in [3.05, 3.63) is 103 Å². The molecule has 0 unspecified atom stereocenters. The molecule has 0 atom stereocenters. The van der Waals surface area contributed by atoms with Crippen molar-refractivity contribution in [3.63, 3.8) is 0 Å². The summed E-state index contributed by atoms with van der Waals surface area (Å²) < 4.78 is 71.2. The summed E-state index contributed by atoms with van der Waals surface area (Å²) in [5, 5.41) is 1.67. The van der Waals surface area contributed by atoms with Crippen LogP contribution in [0.25, 0.3) is 43.8 Å². The van der Waals surface area contributed by atoms with Gasteiger partial charge in [0.25, 0.3) is 0 Å².